The lowest BCUT2D eigenvalue weighted by atomic mass is 10.2. The smallest absolute Gasteiger partial charge is 0.215 e. The van der Waals surface area contributed by atoms with Crippen LogP contribution in [0.2, 0.25) is 0 Å². The van der Waals surface area contributed by atoms with E-state index in [9.17, 15) is 0 Å². The van der Waals surface area contributed by atoms with Gasteiger partial charge in [-0.25, -0.2) is 0 Å². The van der Waals surface area contributed by atoms with Crippen molar-refractivity contribution in [3.05, 3.63) is 18.2 Å². The SMILES string of the molecule is CCOc1cccc(N2CC(CN)OCC2C)n1. The first-order chi connectivity index (χ1) is 8.74. The maximum absolute atomic E-state index is 5.67. The van der Waals surface area contributed by atoms with Gasteiger partial charge in [-0.05, 0) is 19.9 Å². The topological polar surface area (TPSA) is 60.6 Å². The highest BCUT2D eigenvalue weighted by molar-refractivity contribution is 5.42. The first kappa shape index (κ1) is 13.1. The molecule has 2 rings (SSSR count). The Labute approximate surface area is 108 Å². The highest BCUT2D eigenvalue weighted by Crippen LogP contribution is 2.21. The van der Waals surface area contributed by atoms with E-state index in [1.54, 1.807) is 0 Å². The molecule has 2 unspecified atom stereocenters. The summed E-state index contributed by atoms with van der Waals surface area (Å²) in [7, 11) is 0. The van der Waals surface area contributed by atoms with Crippen molar-refractivity contribution in [3.8, 4) is 5.88 Å². The van der Waals surface area contributed by atoms with E-state index in [1.165, 1.54) is 0 Å². The molecule has 1 aromatic heterocycles. The molecule has 5 nitrogen and oxygen atoms in total. The quantitative estimate of drug-likeness (QED) is 0.866. The Bertz CT molecular complexity index is 386. The summed E-state index contributed by atoms with van der Waals surface area (Å²) in [4.78, 5) is 6.74. The number of hydrogen-bond donors (Lipinski definition) is 1. The van der Waals surface area contributed by atoms with Crippen LogP contribution in [0.25, 0.3) is 0 Å². The summed E-state index contributed by atoms with van der Waals surface area (Å²) in [6, 6.07) is 6.14. The zero-order valence-corrected chi connectivity index (χ0v) is 11.0. The molecule has 18 heavy (non-hydrogen) atoms. The number of morpholine rings is 1. The largest absolute Gasteiger partial charge is 0.478 e. The molecular formula is C13H21N3O2. The van der Waals surface area contributed by atoms with Gasteiger partial charge >= 0.3 is 0 Å². The van der Waals surface area contributed by atoms with Crippen LogP contribution in [0, 0.1) is 0 Å². The maximum atomic E-state index is 5.67. The van der Waals surface area contributed by atoms with Crippen LogP contribution in [0.3, 0.4) is 0 Å². The van der Waals surface area contributed by atoms with E-state index in [4.69, 9.17) is 15.2 Å². The number of nitrogens with zero attached hydrogens (tertiary/aromatic N) is 2. The lowest BCUT2D eigenvalue weighted by molar-refractivity contribution is 0.0279. The minimum Gasteiger partial charge on any atom is -0.478 e. The molecule has 0 aromatic carbocycles. The van der Waals surface area contributed by atoms with Gasteiger partial charge in [0.2, 0.25) is 5.88 Å². The lowest BCUT2D eigenvalue weighted by Crippen LogP contribution is -2.51. The average Bonchev–Trinajstić information content (AvgIpc) is 2.40. The van der Waals surface area contributed by atoms with Gasteiger partial charge in [0.15, 0.2) is 0 Å². The van der Waals surface area contributed by atoms with Crippen molar-refractivity contribution < 1.29 is 9.47 Å². The third kappa shape index (κ3) is 2.91. The number of rotatable bonds is 4. The monoisotopic (exact) mass is 251 g/mol. The third-order valence-corrected chi connectivity index (χ3v) is 3.06. The van der Waals surface area contributed by atoms with Gasteiger partial charge in [-0.1, -0.05) is 6.07 Å². The molecule has 2 N–H and O–H groups in total. The Kier molecular flexibility index (Phi) is 4.38. The van der Waals surface area contributed by atoms with Crippen molar-refractivity contribution in [2.75, 3.05) is 31.2 Å². The van der Waals surface area contributed by atoms with E-state index in [-0.39, 0.29) is 6.10 Å². The fourth-order valence-corrected chi connectivity index (χ4v) is 2.07. The summed E-state index contributed by atoms with van der Waals surface area (Å²) in [5.74, 6) is 1.59. The van der Waals surface area contributed by atoms with E-state index >= 15 is 0 Å². The first-order valence-electron chi connectivity index (χ1n) is 6.42. The van der Waals surface area contributed by atoms with Gasteiger partial charge in [-0.2, -0.15) is 4.98 Å². The zero-order chi connectivity index (χ0) is 13.0. The Balaban J connectivity index is 2.15. The molecule has 0 bridgehead atoms. The number of anilines is 1. The van der Waals surface area contributed by atoms with E-state index in [1.807, 2.05) is 25.1 Å². The molecule has 0 aliphatic carbocycles. The molecule has 5 heteroatoms. The summed E-state index contributed by atoms with van der Waals surface area (Å²) in [5.41, 5.74) is 5.67. The van der Waals surface area contributed by atoms with Crippen LogP contribution in [-0.4, -0.2) is 43.4 Å². The molecule has 1 aliphatic rings. The van der Waals surface area contributed by atoms with Gasteiger partial charge in [0.1, 0.15) is 5.82 Å². The molecule has 0 spiro atoms. The fraction of sp³-hybridized carbons (Fsp3) is 0.615. The van der Waals surface area contributed by atoms with E-state index in [2.05, 4.69) is 16.8 Å². The van der Waals surface area contributed by atoms with Crippen LogP contribution in [0.5, 0.6) is 5.88 Å². The molecule has 1 fully saturated rings. The normalized spacial score (nSPS) is 24.1. The first-order valence-corrected chi connectivity index (χ1v) is 6.42. The minimum atomic E-state index is 0.0822. The van der Waals surface area contributed by atoms with Crippen LogP contribution < -0.4 is 15.4 Å². The van der Waals surface area contributed by atoms with Crippen molar-refractivity contribution in [2.45, 2.75) is 26.0 Å². The molecule has 0 amide bonds. The van der Waals surface area contributed by atoms with Crippen LogP contribution in [0.4, 0.5) is 5.82 Å². The summed E-state index contributed by atoms with van der Waals surface area (Å²) in [6.07, 6.45) is 0.0822. The molecule has 1 aliphatic heterocycles. The lowest BCUT2D eigenvalue weighted by Gasteiger charge is -2.38. The standard InChI is InChI=1S/C13H21N3O2/c1-3-17-13-6-4-5-12(15-13)16-8-11(7-14)18-9-10(16)2/h4-6,10-11H,3,7-9,14H2,1-2H3. The Morgan fingerprint density at radius 2 is 2.39 bits per heavy atom. The summed E-state index contributed by atoms with van der Waals surface area (Å²) >= 11 is 0. The van der Waals surface area contributed by atoms with Crippen molar-refractivity contribution in [1.82, 2.24) is 4.98 Å². The van der Waals surface area contributed by atoms with E-state index in [0.29, 0.717) is 31.7 Å². The fourth-order valence-electron chi connectivity index (χ4n) is 2.07. The highest BCUT2D eigenvalue weighted by Gasteiger charge is 2.26. The second kappa shape index (κ2) is 6.02. The summed E-state index contributed by atoms with van der Waals surface area (Å²) in [6.45, 7) is 6.70. The van der Waals surface area contributed by atoms with Crippen molar-refractivity contribution in [2.24, 2.45) is 5.73 Å². The maximum Gasteiger partial charge on any atom is 0.215 e. The van der Waals surface area contributed by atoms with E-state index in [0.717, 1.165) is 12.4 Å². The van der Waals surface area contributed by atoms with Crippen LogP contribution in [-0.2, 0) is 4.74 Å². The van der Waals surface area contributed by atoms with Crippen molar-refractivity contribution in [3.63, 3.8) is 0 Å². The van der Waals surface area contributed by atoms with E-state index < -0.39 is 0 Å². The number of pyridine rings is 1. The van der Waals surface area contributed by atoms with Gasteiger partial charge < -0.3 is 20.1 Å². The molecule has 0 radical (unpaired) electrons. The van der Waals surface area contributed by atoms with Gasteiger partial charge in [0.25, 0.3) is 0 Å². The van der Waals surface area contributed by atoms with Crippen LogP contribution >= 0.6 is 0 Å². The molecule has 100 valence electrons. The number of aromatic nitrogens is 1. The number of ether oxygens (including phenoxy) is 2. The molecule has 1 saturated heterocycles. The second-order valence-corrected chi connectivity index (χ2v) is 4.46. The van der Waals surface area contributed by atoms with Gasteiger partial charge in [-0.3, -0.25) is 0 Å². The Morgan fingerprint density at radius 1 is 1.56 bits per heavy atom. The van der Waals surface area contributed by atoms with Gasteiger partial charge in [0, 0.05) is 19.2 Å². The summed E-state index contributed by atoms with van der Waals surface area (Å²) in [5, 5.41) is 0. The van der Waals surface area contributed by atoms with Crippen molar-refractivity contribution >= 4 is 5.82 Å². The van der Waals surface area contributed by atoms with Crippen LogP contribution in [0.1, 0.15) is 13.8 Å². The third-order valence-electron chi connectivity index (χ3n) is 3.06. The Hall–Kier alpha value is -1.33. The highest BCUT2D eigenvalue weighted by atomic mass is 16.5. The van der Waals surface area contributed by atoms with Crippen molar-refractivity contribution in [1.29, 1.82) is 0 Å². The zero-order valence-electron chi connectivity index (χ0n) is 11.0. The summed E-state index contributed by atoms with van der Waals surface area (Å²) < 4.78 is 11.1. The predicted octanol–water partition coefficient (Wildman–Crippen LogP) is 1.03. The predicted molar refractivity (Wildman–Crippen MR) is 71.0 cm³/mol. The molecule has 1 aromatic rings. The molecule has 2 atom stereocenters. The molecular weight excluding hydrogens is 230 g/mol. The second-order valence-electron chi connectivity index (χ2n) is 4.46. The minimum absolute atomic E-state index is 0.0822. The number of hydrogen-bond acceptors (Lipinski definition) is 5. The molecule has 0 saturated carbocycles. The number of nitrogens with two attached hydrogens (primary N) is 1. The van der Waals surface area contributed by atoms with Gasteiger partial charge in [0.05, 0.1) is 25.4 Å². The van der Waals surface area contributed by atoms with Crippen LogP contribution in [0.15, 0.2) is 18.2 Å². The molecule has 2 heterocycles. The Morgan fingerprint density at radius 3 is 3.11 bits per heavy atom. The van der Waals surface area contributed by atoms with Gasteiger partial charge in [-0.15, -0.1) is 0 Å². The average molecular weight is 251 g/mol.